The lowest BCUT2D eigenvalue weighted by atomic mass is 10.1. The molecule has 2 fully saturated rings. The lowest BCUT2D eigenvalue weighted by molar-refractivity contribution is -0.122. The summed E-state index contributed by atoms with van der Waals surface area (Å²) in [4.78, 5) is 40.8. The van der Waals surface area contributed by atoms with Crippen molar-refractivity contribution in [2.75, 3.05) is 42.4 Å². The molecule has 1 N–H and O–H groups in total. The van der Waals surface area contributed by atoms with Crippen molar-refractivity contribution in [1.82, 2.24) is 0 Å². The van der Waals surface area contributed by atoms with Crippen molar-refractivity contribution in [2.45, 2.75) is 19.3 Å². The van der Waals surface area contributed by atoms with Gasteiger partial charge in [0.05, 0.1) is 31.5 Å². The standard InChI is InChI=1S/C23H24ClN3O5/c1-31-19-8-5-15(24)11-18(19)27-13-14(10-22(27)29)23(30)25-16-6-7-17(20(12-16)32-2)26-9-3-4-21(26)28/h5-8,11-12,14H,3-4,9-10,13H2,1-2H3,(H,25,30). The number of nitrogens with one attached hydrogen (secondary N) is 1. The number of methoxy groups -OCH3 is 2. The maximum Gasteiger partial charge on any atom is 0.229 e. The summed E-state index contributed by atoms with van der Waals surface area (Å²) in [7, 11) is 3.04. The Bertz CT molecular complexity index is 1070. The van der Waals surface area contributed by atoms with E-state index in [0.29, 0.717) is 46.5 Å². The SMILES string of the molecule is COc1cc(NC(=O)C2CC(=O)N(c3cc(Cl)ccc3OC)C2)ccc1N1CCCC1=O. The minimum absolute atomic E-state index is 0.0566. The second-order valence-electron chi connectivity index (χ2n) is 7.75. The average Bonchev–Trinajstić information content (AvgIpc) is 3.39. The Labute approximate surface area is 191 Å². The molecule has 1 atom stereocenters. The molecule has 2 aliphatic heterocycles. The highest BCUT2D eigenvalue weighted by atomic mass is 35.5. The maximum absolute atomic E-state index is 12.9. The number of halogens is 1. The second-order valence-corrected chi connectivity index (χ2v) is 8.18. The Kier molecular flexibility index (Phi) is 6.23. The molecule has 4 rings (SSSR count). The fourth-order valence-electron chi connectivity index (χ4n) is 4.12. The number of carbonyl (C=O) groups excluding carboxylic acids is 3. The zero-order valence-electron chi connectivity index (χ0n) is 17.9. The number of hydrogen-bond donors (Lipinski definition) is 1. The van der Waals surface area contributed by atoms with Gasteiger partial charge in [0.1, 0.15) is 11.5 Å². The van der Waals surface area contributed by atoms with Crippen molar-refractivity contribution in [3.63, 3.8) is 0 Å². The van der Waals surface area contributed by atoms with Gasteiger partial charge in [0.15, 0.2) is 0 Å². The molecule has 0 aliphatic carbocycles. The zero-order chi connectivity index (χ0) is 22.8. The predicted octanol–water partition coefficient (Wildman–Crippen LogP) is 3.48. The quantitative estimate of drug-likeness (QED) is 0.717. The molecular formula is C23H24ClN3O5. The van der Waals surface area contributed by atoms with E-state index in [0.717, 1.165) is 6.42 Å². The third-order valence-corrected chi connectivity index (χ3v) is 5.97. The lowest BCUT2D eigenvalue weighted by Crippen LogP contribution is -2.28. The van der Waals surface area contributed by atoms with Crippen LogP contribution in [0.3, 0.4) is 0 Å². The molecule has 2 heterocycles. The van der Waals surface area contributed by atoms with Gasteiger partial charge in [0.25, 0.3) is 0 Å². The molecule has 0 aromatic heterocycles. The van der Waals surface area contributed by atoms with Crippen LogP contribution in [0.2, 0.25) is 5.02 Å². The minimum atomic E-state index is -0.531. The van der Waals surface area contributed by atoms with Crippen LogP contribution in [0.4, 0.5) is 17.1 Å². The van der Waals surface area contributed by atoms with E-state index < -0.39 is 5.92 Å². The fraction of sp³-hybridized carbons (Fsp3) is 0.348. The molecule has 2 saturated heterocycles. The fourth-order valence-corrected chi connectivity index (χ4v) is 4.28. The summed E-state index contributed by atoms with van der Waals surface area (Å²) in [5.74, 6) is 0.102. The maximum atomic E-state index is 12.9. The number of anilines is 3. The molecule has 32 heavy (non-hydrogen) atoms. The summed E-state index contributed by atoms with van der Waals surface area (Å²) in [6, 6.07) is 10.2. The first kappa shape index (κ1) is 22.0. The third-order valence-electron chi connectivity index (χ3n) is 5.74. The highest BCUT2D eigenvalue weighted by molar-refractivity contribution is 6.31. The van der Waals surface area contributed by atoms with Crippen LogP contribution in [-0.2, 0) is 14.4 Å². The Morgan fingerprint density at radius 2 is 1.78 bits per heavy atom. The summed E-state index contributed by atoms with van der Waals surface area (Å²) < 4.78 is 10.8. The summed E-state index contributed by atoms with van der Waals surface area (Å²) in [6.07, 6.45) is 1.41. The van der Waals surface area contributed by atoms with Crippen molar-refractivity contribution in [2.24, 2.45) is 5.92 Å². The molecule has 8 nitrogen and oxygen atoms in total. The summed E-state index contributed by atoms with van der Waals surface area (Å²) in [5.41, 5.74) is 1.76. The molecule has 168 valence electrons. The van der Waals surface area contributed by atoms with Gasteiger partial charge in [-0.3, -0.25) is 14.4 Å². The van der Waals surface area contributed by atoms with E-state index in [1.807, 2.05) is 0 Å². The zero-order valence-corrected chi connectivity index (χ0v) is 18.6. The molecule has 2 aromatic carbocycles. The van der Waals surface area contributed by atoms with Gasteiger partial charge in [-0.05, 0) is 36.8 Å². The Hall–Kier alpha value is -3.26. The van der Waals surface area contributed by atoms with Crippen LogP contribution < -0.4 is 24.6 Å². The van der Waals surface area contributed by atoms with Gasteiger partial charge >= 0.3 is 0 Å². The van der Waals surface area contributed by atoms with E-state index in [9.17, 15) is 14.4 Å². The molecule has 0 radical (unpaired) electrons. The largest absolute Gasteiger partial charge is 0.495 e. The van der Waals surface area contributed by atoms with Crippen LogP contribution in [0, 0.1) is 5.92 Å². The number of nitrogens with zero attached hydrogens (tertiary/aromatic N) is 2. The van der Waals surface area contributed by atoms with Crippen LogP contribution in [0.15, 0.2) is 36.4 Å². The smallest absolute Gasteiger partial charge is 0.229 e. The minimum Gasteiger partial charge on any atom is -0.495 e. The molecular weight excluding hydrogens is 434 g/mol. The first-order chi connectivity index (χ1) is 15.4. The number of hydrogen-bond acceptors (Lipinski definition) is 5. The molecule has 2 aliphatic rings. The van der Waals surface area contributed by atoms with E-state index in [1.165, 1.54) is 19.1 Å². The van der Waals surface area contributed by atoms with E-state index in [2.05, 4.69) is 5.32 Å². The molecule has 0 saturated carbocycles. The van der Waals surface area contributed by atoms with E-state index in [1.54, 1.807) is 41.3 Å². The molecule has 0 spiro atoms. The van der Waals surface area contributed by atoms with Crippen molar-refractivity contribution >= 4 is 46.4 Å². The van der Waals surface area contributed by atoms with Crippen LogP contribution in [-0.4, -0.2) is 45.0 Å². The van der Waals surface area contributed by atoms with Crippen LogP contribution in [0.25, 0.3) is 0 Å². The first-order valence-corrected chi connectivity index (χ1v) is 10.7. The van der Waals surface area contributed by atoms with Crippen LogP contribution >= 0.6 is 11.6 Å². The Morgan fingerprint density at radius 3 is 2.47 bits per heavy atom. The van der Waals surface area contributed by atoms with Crippen LogP contribution in [0.5, 0.6) is 11.5 Å². The summed E-state index contributed by atoms with van der Waals surface area (Å²) >= 11 is 6.09. The number of amides is 3. The molecule has 2 aromatic rings. The van der Waals surface area contributed by atoms with E-state index >= 15 is 0 Å². The topological polar surface area (TPSA) is 88.2 Å². The van der Waals surface area contributed by atoms with Crippen molar-refractivity contribution in [3.05, 3.63) is 41.4 Å². The third kappa shape index (κ3) is 4.23. The number of benzene rings is 2. The summed E-state index contributed by atoms with van der Waals surface area (Å²) in [6.45, 7) is 0.868. The normalized spacial score (nSPS) is 18.3. The van der Waals surface area contributed by atoms with E-state index in [4.69, 9.17) is 21.1 Å². The van der Waals surface area contributed by atoms with Gasteiger partial charge < -0.3 is 24.6 Å². The Morgan fingerprint density at radius 1 is 1.00 bits per heavy atom. The number of carbonyl (C=O) groups is 3. The molecule has 0 bridgehead atoms. The highest BCUT2D eigenvalue weighted by Crippen LogP contribution is 2.36. The van der Waals surface area contributed by atoms with Gasteiger partial charge in [-0.1, -0.05) is 11.6 Å². The highest BCUT2D eigenvalue weighted by Gasteiger charge is 2.36. The van der Waals surface area contributed by atoms with Gasteiger partial charge in [-0.25, -0.2) is 0 Å². The van der Waals surface area contributed by atoms with Crippen molar-refractivity contribution < 1.29 is 23.9 Å². The average molecular weight is 458 g/mol. The number of ether oxygens (including phenoxy) is 2. The van der Waals surface area contributed by atoms with Gasteiger partial charge in [-0.15, -0.1) is 0 Å². The van der Waals surface area contributed by atoms with Crippen molar-refractivity contribution in [3.8, 4) is 11.5 Å². The lowest BCUT2D eigenvalue weighted by Gasteiger charge is -2.21. The predicted molar refractivity (Wildman–Crippen MR) is 122 cm³/mol. The number of rotatable bonds is 6. The van der Waals surface area contributed by atoms with Gasteiger partial charge in [-0.2, -0.15) is 0 Å². The molecule has 1 unspecified atom stereocenters. The van der Waals surface area contributed by atoms with E-state index in [-0.39, 0.29) is 30.7 Å². The Balaban J connectivity index is 1.48. The molecule has 3 amide bonds. The van der Waals surface area contributed by atoms with Gasteiger partial charge in [0.2, 0.25) is 17.7 Å². The van der Waals surface area contributed by atoms with Crippen molar-refractivity contribution in [1.29, 1.82) is 0 Å². The first-order valence-electron chi connectivity index (χ1n) is 10.3. The van der Waals surface area contributed by atoms with Crippen LogP contribution in [0.1, 0.15) is 19.3 Å². The van der Waals surface area contributed by atoms with Gasteiger partial charge in [0, 0.05) is 42.7 Å². The monoisotopic (exact) mass is 457 g/mol. The molecule has 9 heteroatoms. The second kappa shape index (κ2) is 9.08. The summed E-state index contributed by atoms with van der Waals surface area (Å²) in [5, 5.41) is 3.34.